The maximum Gasteiger partial charge on any atom is 0.488 e. The monoisotopic (exact) mass is 178 g/mol. The fourth-order valence-corrected chi connectivity index (χ4v) is 1.07. The zero-order valence-electron chi connectivity index (χ0n) is 7.40. The van der Waals surface area contributed by atoms with Crippen molar-refractivity contribution < 1.29 is 14.8 Å². The van der Waals surface area contributed by atoms with Gasteiger partial charge in [0.2, 0.25) is 0 Å². The van der Waals surface area contributed by atoms with E-state index in [1.807, 2.05) is 0 Å². The van der Waals surface area contributed by atoms with Crippen LogP contribution >= 0.6 is 0 Å². The Hall–Kier alpha value is -1.26. The van der Waals surface area contributed by atoms with Crippen LogP contribution in [0.25, 0.3) is 6.08 Å². The minimum Gasteiger partial charge on any atom is -0.496 e. The third-order valence-corrected chi connectivity index (χ3v) is 1.77. The first kappa shape index (κ1) is 9.83. The highest BCUT2D eigenvalue weighted by molar-refractivity contribution is 6.58. The van der Waals surface area contributed by atoms with Gasteiger partial charge in [-0.05, 0) is 11.5 Å². The molecule has 13 heavy (non-hydrogen) atoms. The van der Waals surface area contributed by atoms with Gasteiger partial charge in [0.05, 0.1) is 7.11 Å². The van der Waals surface area contributed by atoms with Crippen molar-refractivity contribution in [2.45, 2.75) is 0 Å². The van der Waals surface area contributed by atoms with E-state index in [-0.39, 0.29) is 0 Å². The maximum absolute atomic E-state index is 8.89. The number of ether oxygens (including phenoxy) is 1. The summed E-state index contributed by atoms with van der Waals surface area (Å²) in [6.45, 7) is 3.60. The van der Waals surface area contributed by atoms with Gasteiger partial charge in [0, 0.05) is 5.56 Å². The number of rotatable bonds is 3. The molecule has 0 saturated carbocycles. The second-order valence-corrected chi connectivity index (χ2v) is 2.58. The highest BCUT2D eigenvalue weighted by Gasteiger charge is 2.12. The van der Waals surface area contributed by atoms with Crippen LogP contribution in [-0.4, -0.2) is 24.3 Å². The summed E-state index contributed by atoms with van der Waals surface area (Å²) in [6.07, 6.45) is 1.60. The van der Waals surface area contributed by atoms with Crippen molar-refractivity contribution in [1.82, 2.24) is 0 Å². The second kappa shape index (κ2) is 4.12. The Kier molecular flexibility index (Phi) is 3.11. The molecule has 0 amide bonds. The molecule has 0 unspecified atom stereocenters. The minimum absolute atomic E-state index is 0.427. The van der Waals surface area contributed by atoms with E-state index in [1.165, 1.54) is 0 Å². The first-order chi connectivity index (χ1) is 6.19. The van der Waals surface area contributed by atoms with Crippen LogP contribution in [0.5, 0.6) is 5.75 Å². The first-order valence-corrected chi connectivity index (χ1v) is 3.85. The maximum atomic E-state index is 8.89. The topological polar surface area (TPSA) is 49.7 Å². The Balaban J connectivity index is 3.13. The molecule has 0 aliphatic carbocycles. The predicted octanol–water partition coefficient (Wildman–Crippen LogP) is 0.0180. The van der Waals surface area contributed by atoms with Crippen molar-refractivity contribution in [2.24, 2.45) is 0 Å². The first-order valence-electron chi connectivity index (χ1n) is 3.85. The van der Waals surface area contributed by atoms with E-state index in [0.29, 0.717) is 11.2 Å². The fourth-order valence-electron chi connectivity index (χ4n) is 1.07. The molecule has 0 atom stereocenters. The number of hydrogen-bond acceptors (Lipinski definition) is 3. The van der Waals surface area contributed by atoms with Gasteiger partial charge in [0.1, 0.15) is 5.75 Å². The highest BCUT2D eigenvalue weighted by Crippen LogP contribution is 2.16. The highest BCUT2D eigenvalue weighted by atomic mass is 16.5. The van der Waals surface area contributed by atoms with Gasteiger partial charge in [0.15, 0.2) is 0 Å². The van der Waals surface area contributed by atoms with Crippen LogP contribution in [0.2, 0.25) is 0 Å². The van der Waals surface area contributed by atoms with Gasteiger partial charge in [-0.2, -0.15) is 0 Å². The number of benzene rings is 1. The van der Waals surface area contributed by atoms with Gasteiger partial charge in [-0.25, -0.2) is 0 Å². The Morgan fingerprint density at radius 1 is 1.46 bits per heavy atom. The van der Waals surface area contributed by atoms with Crippen molar-refractivity contribution >= 4 is 18.7 Å². The molecule has 0 heterocycles. The normalized spacial score (nSPS) is 9.46. The van der Waals surface area contributed by atoms with E-state index in [9.17, 15) is 0 Å². The third kappa shape index (κ3) is 2.11. The van der Waals surface area contributed by atoms with E-state index < -0.39 is 7.12 Å². The van der Waals surface area contributed by atoms with Crippen molar-refractivity contribution in [1.29, 1.82) is 0 Å². The molecule has 0 radical (unpaired) electrons. The van der Waals surface area contributed by atoms with Crippen LogP contribution in [0.3, 0.4) is 0 Å². The van der Waals surface area contributed by atoms with Crippen LogP contribution in [0, 0.1) is 0 Å². The van der Waals surface area contributed by atoms with Gasteiger partial charge in [-0.1, -0.05) is 24.8 Å². The molecule has 0 bridgehead atoms. The molecule has 0 fully saturated rings. The molecule has 68 valence electrons. The van der Waals surface area contributed by atoms with Crippen LogP contribution in [-0.2, 0) is 0 Å². The average Bonchev–Trinajstić information content (AvgIpc) is 2.16. The molecule has 1 aromatic rings. The lowest BCUT2D eigenvalue weighted by molar-refractivity contribution is 0.413. The molecule has 0 saturated heterocycles. The molecule has 0 aliphatic rings. The number of methoxy groups -OCH3 is 1. The van der Waals surface area contributed by atoms with Crippen molar-refractivity contribution in [3.63, 3.8) is 0 Å². The summed E-state index contributed by atoms with van der Waals surface area (Å²) in [5, 5.41) is 17.8. The molecule has 2 N–H and O–H groups in total. The van der Waals surface area contributed by atoms with E-state index in [1.54, 1.807) is 31.4 Å². The van der Waals surface area contributed by atoms with Crippen LogP contribution in [0.4, 0.5) is 0 Å². The van der Waals surface area contributed by atoms with Crippen LogP contribution in [0.15, 0.2) is 24.8 Å². The van der Waals surface area contributed by atoms with Gasteiger partial charge >= 0.3 is 7.12 Å². The SMILES string of the molecule is C=Cc1cc(B(O)O)ccc1OC. The second-order valence-electron chi connectivity index (χ2n) is 2.58. The third-order valence-electron chi connectivity index (χ3n) is 1.77. The summed E-state index contributed by atoms with van der Waals surface area (Å²) in [6, 6.07) is 4.89. The van der Waals surface area contributed by atoms with Crippen molar-refractivity contribution in [3.05, 3.63) is 30.3 Å². The lowest BCUT2D eigenvalue weighted by Crippen LogP contribution is -2.29. The zero-order chi connectivity index (χ0) is 9.84. The van der Waals surface area contributed by atoms with Gasteiger partial charge in [-0.3, -0.25) is 0 Å². The van der Waals surface area contributed by atoms with E-state index in [2.05, 4.69) is 6.58 Å². The lowest BCUT2D eigenvalue weighted by atomic mass is 9.79. The molecule has 0 spiro atoms. The largest absolute Gasteiger partial charge is 0.496 e. The molecule has 1 rings (SSSR count). The Morgan fingerprint density at radius 3 is 2.62 bits per heavy atom. The molecule has 0 aromatic heterocycles. The zero-order valence-corrected chi connectivity index (χ0v) is 7.40. The molecule has 4 heteroatoms. The van der Waals surface area contributed by atoms with Crippen LogP contribution < -0.4 is 10.2 Å². The Morgan fingerprint density at radius 2 is 2.15 bits per heavy atom. The minimum atomic E-state index is -1.45. The van der Waals surface area contributed by atoms with E-state index >= 15 is 0 Å². The molecule has 1 aromatic carbocycles. The quantitative estimate of drug-likeness (QED) is 0.641. The summed E-state index contributed by atoms with van der Waals surface area (Å²) in [7, 11) is 0.0989. The van der Waals surface area contributed by atoms with E-state index in [0.717, 1.165) is 5.56 Å². The van der Waals surface area contributed by atoms with Gasteiger partial charge < -0.3 is 14.8 Å². The summed E-state index contributed by atoms with van der Waals surface area (Å²) < 4.78 is 5.04. The summed E-state index contributed by atoms with van der Waals surface area (Å²) in [4.78, 5) is 0. The Bertz CT molecular complexity index is 310. The lowest BCUT2D eigenvalue weighted by Gasteiger charge is -2.06. The average molecular weight is 178 g/mol. The smallest absolute Gasteiger partial charge is 0.488 e. The summed E-state index contributed by atoms with van der Waals surface area (Å²) in [5.41, 5.74) is 1.17. The fraction of sp³-hybridized carbons (Fsp3) is 0.111. The van der Waals surface area contributed by atoms with Gasteiger partial charge in [0.25, 0.3) is 0 Å². The molecule has 3 nitrogen and oxygen atoms in total. The molecular weight excluding hydrogens is 167 g/mol. The standard InChI is InChI=1S/C9H11BO3/c1-3-7-6-8(10(11)12)4-5-9(7)13-2/h3-6,11-12H,1H2,2H3. The Labute approximate surface area is 77.4 Å². The molecule has 0 aliphatic heterocycles. The predicted molar refractivity (Wildman–Crippen MR) is 52.9 cm³/mol. The van der Waals surface area contributed by atoms with Crippen molar-refractivity contribution in [2.75, 3.05) is 7.11 Å². The number of hydrogen-bond donors (Lipinski definition) is 2. The van der Waals surface area contributed by atoms with E-state index in [4.69, 9.17) is 14.8 Å². The van der Waals surface area contributed by atoms with Gasteiger partial charge in [-0.15, -0.1) is 0 Å². The molecular formula is C9H11BO3. The van der Waals surface area contributed by atoms with Crippen molar-refractivity contribution in [3.8, 4) is 5.75 Å². The summed E-state index contributed by atoms with van der Waals surface area (Å²) >= 11 is 0. The summed E-state index contributed by atoms with van der Waals surface area (Å²) in [5.74, 6) is 0.666. The van der Waals surface area contributed by atoms with Crippen LogP contribution in [0.1, 0.15) is 5.56 Å².